The van der Waals surface area contributed by atoms with Gasteiger partial charge in [-0.2, -0.15) is 0 Å². The molecule has 2 aromatic carbocycles. The molecule has 0 radical (unpaired) electrons. The van der Waals surface area contributed by atoms with E-state index in [1.165, 1.54) is 10.5 Å². The number of thioether (sulfide) groups is 1. The molecule has 0 atom stereocenters. The number of hydrogen-bond donors (Lipinski definition) is 1. The van der Waals surface area contributed by atoms with Crippen LogP contribution >= 0.6 is 11.8 Å². The lowest BCUT2D eigenvalue weighted by Gasteiger charge is -2.01. The molecular weight excluding hydrogens is 240 g/mol. The maximum absolute atomic E-state index is 9.06. The Kier molecular flexibility index (Phi) is 5.06. The van der Waals surface area contributed by atoms with Crippen molar-refractivity contribution in [3.8, 4) is 0 Å². The zero-order chi connectivity index (χ0) is 12.6. The van der Waals surface area contributed by atoms with Gasteiger partial charge in [0, 0.05) is 10.6 Å². The topological polar surface area (TPSA) is 20.2 Å². The zero-order valence-corrected chi connectivity index (χ0v) is 10.9. The maximum atomic E-state index is 9.06. The average Bonchev–Trinajstić information content (AvgIpc) is 2.45. The molecule has 0 heterocycles. The minimum atomic E-state index is 0.105. The predicted molar refractivity (Wildman–Crippen MR) is 78.6 cm³/mol. The first-order valence-electron chi connectivity index (χ1n) is 5.92. The Morgan fingerprint density at radius 2 is 1.83 bits per heavy atom. The minimum Gasteiger partial charge on any atom is -0.392 e. The molecule has 0 aliphatic carbocycles. The van der Waals surface area contributed by atoms with Crippen LogP contribution in [0.3, 0.4) is 0 Å². The minimum absolute atomic E-state index is 0.105. The van der Waals surface area contributed by atoms with Crippen LogP contribution in [0.15, 0.2) is 65.6 Å². The Labute approximate surface area is 112 Å². The number of benzene rings is 2. The smallest absolute Gasteiger partial charge is 0.0682 e. The third kappa shape index (κ3) is 4.06. The number of rotatable bonds is 5. The highest BCUT2D eigenvalue weighted by atomic mass is 32.2. The monoisotopic (exact) mass is 256 g/mol. The molecule has 0 spiro atoms. The summed E-state index contributed by atoms with van der Waals surface area (Å²) >= 11 is 1.77. The van der Waals surface area contributed by atoms with Gasteiger partial charge in [0.2, 0.25) is 0 Å². The summed E-state index contributed by atoms with van der Waals surface area (Å²) in [5.41, 5.74) is 2.19. The van der Waals surface area contributed by atoms with E-state index in [1.54, 1.807) is 11.8 Å². The summed E-state index contributed by atoms with van der Waals surface area (Å²) in [5.74, 6) is 0.934. The molecule has 0 unspecified atom stereocenters. The molecular formula is C16H16OS. The van der Waals surface area contributed by atoms with Crippen LogP contribution in [0.1, 0.15) is 11.1 Å². The van der Waals surface area contributed by atoms with E-state index in [9.17, 15) is 0 Å². The third-order valence-corrected chi connectivity index (χ3v) is 3.48. The van der Waals surface area contributed by atoms with Crippen molar-refractivity contribution in [3.63, 3.8) is 0 Å². The normalized spacial score (nSPS) is 10.9. The van der Waals surface area contributed by atoms with Crippen LogP contribution in [0.25, 0.3) is 6.08 Å². The fraction of sp³-hybridized carbons (Fsp3) is 0.125. The Hall–Kier alpha value is -1.51. The molecule has 2 rings (SSSR count). The summed E-state index contributed by atoms with van der Waals surface area (Å²) in [6.07, 6.45) is 4.29. The molecule has 92 valence electrons. The summed E-state index contributed by atoms with van der Waals surface area (Å²) in [6.45, 7) is 0.105. The van der Waals surface area contributed by atoms with Crippen LogP contribution in [0.5, 0.6) is 0 Å². The predicted octanol–water partition coefficient (Wildman–Crippen LogP) is 3.98. The van der Waals surface area contributed by atoms with Gasteiger partial charge in [0.1, 0.15) is 0 Å². The van der Waals surface area contributed by atoms with Crippen LogP contribution in [-0.2, 0) is 6.61 Å². The molecule has 0 saturated carbocycles. The van der Waals surface area contributed by atoms with Gasteiger partial charge in [0.15, 0.2) is 0 Å². The lowest BCUT2D eigenvalue weighted by molar-refractivity contribution is 0.281. The van der Waals surface area contributed by atoms with Crippen LogP contribution in [0, 0.1) is 0 Å². The molecule has 0 aromatic heterocycles. The highest BCUT2D eigenvalue weighted by molar-refractivity contribution is 7.99. The Balaban J connectivity index is 1.86. The van der Waals surface area contributed by atoms with Gasteiger partial charge in [0.05, 0.1) is 6.61 Å². The molecule has 0 bridgehead atoms. The molecule has 0 aliphatic heterocycles. The Morgan fingerprint density at radius 3 is 2.61 bits per heavy atom. The quantitative estimate of drug-likeness (QED) is 0.816. The van der Waals surface area contributed by atoms with Gasteiger partial charge in [-0.1, -0.05) is 54.6 Å². The summed E-state index contributed by atoms with van der Waals surface area (Å²) in [5, 5.41) is 9.06. The second-order valence-corrected chi connectivity index (χ2v) is 5.02. The SMILES string of the molecule is OCc1cccc(SCC=Cc2ccccc2)c1. The van der Waals surface area contributed by atoms with Crippen molar-refractivity contribution in [1.82, 2.24) is 0 Å². The van der Waals surface area contributed by atoms with Gasteiger partial charge in [-0.05, 0) is 23.3 Å². The van der Waals surface area contributed by atoms with Crippen molar-refractivity contribution in [1.29, 1.82) is 0 Å². The number of aliphatic hydroxyl groups is 1. The Bertz CT molecular complexity index is 506. The van der Waals surface area contributed by atoms with Crippen molar-refractivity contribution >= 4 is 17.8 Å². The van der Waals surface area contributed by atoms with Gasteiger partial charge in [-0.25, -0.2) is 0 Å². The van der Waals surface area contributed by atoms with E-state index in [1.807, 2.05) is 36.4 Å². The van der Waals surface area contributed by atoms with Crippen molar-refractivity contribution < 1.29 is 5.11 Å². The highest BCUT2D eigenvalue weighted by Crippen LogP contribution is 2.19. The second kappa shape index (κ2) is 7.04. The second-order valence-electron chi connectivity index (χ2n) is 3.93. The van der Waals surface area contributed by atoms with E-state index in [4.69, 9.17) is 5.11 Å². The van der Waals surface area contributed by atoms with E-state index >= 15 is 0 Å². The van der Waals surface area contributed by atoms with Crippen LogP contribution in [0.4, 0.5) is 0 Å². The summed E-state index contributed by atoms with van der Waals surface area (Å²) in [4.78, 5) is 1.19. The summed E-state index contributed by atoms with van der Waals surface area (Å²) in [7, 11) is 0. The van der Waals surface area contributed by atoms with Crippen molar-refractivity contribution in [2.75, 3.05) is 5.75 Å². The van der Waals surface area contributed by atoms with E-state index in [2.05, 4.69) is 30.4 Å². The lowest BCUT2D eigenvalue weighted by Crippen LogP contribution is -1.82. The van der Waals surface area contributed by atoms with Crippen LogP contribution in [-0.4, -0.2) is 10.9 Å². The first-order valence-corrected chi connectivity index (χ1v) is 6.91. The molecule has 18 heavy (non-hydrogen) atoms. The Morgan fingerprint density at radius 1 is 1.00 bits per heavy atom. The van der Waals surface area contributed by atoms with E-state index in [0.29, 0.717) is 0 Å². The molecule has 0 saturated heterocycles. The fourth-order valence-corrected chi connectivity index (χ4v) is 2.42. The van der Waals surface area contributed by atoms with Gasteiger partial charge < -0.3 is 5.11 Å². The molecule has 0 fully saturated rings. The van der Waals surface area contributed by atoms with Crippen molar-refractivity contribution in [3.05, 3.63) is 71.8 Å². The van der Waals surface area contributed by atoms with E-state index in [-0.39, 0.29) is 6.61 Å². The average molecular weight is 256 g/mol. The number of aliphatic hydroxyl groups excluding tert-OH is 1. The number of hydrogen-bond acceptors (Lipinski definition) is 2. The summed E-state index contributed by atoms with van der Waals surface area (Å²) in [6, 6.07) is 18.3. The third-order valence-electron chi connectivity index (χ3n) is 2.54. The fourth-order valence-electron chi connectivity index (χ4n) is 1.63. The van der Waals surface area contributed by atoms with Crippen molar-refractivity contribution in [2.45, 2.75) is 11.5 Å². The van der Waals surface area contributed by atoms with Gasteiger partial charge in [0.25, 0.3) is 0 Å². The lowest BCUT2D eigenvalue weighted by atomic mass is 10.2. The molecule has 1 N–H and O–H groups in total. The zero-order valence-electron chi connectivity index (χ0n) is 10.1. The summed E-state index contributed by atoms with van der Waals surface area (Å²) < 4.78 is 0. The van der Waals surface area contributed by atoms with Gasteiger partial charge >= 0.3 is 0 Å². The van der Waals surface area contributed by atoms with Crippen LogP contribution < -0.4 is 0 Å². The first kappa shape index (κ1) is 12.9. The molecule has 2 aromatic rings. The molecule has 0 aliphatic rings. The molecule has 2 heteroatoms. The van der Waals surface area contributed by atoms with Crippen LogP contribution in [0.2, 0.25) is 0 Å². The van der Waals surface area contributed by atoms with Crippen molar-refractivity contribution in [2.24, 2.45) is 0 Å². The van der Waals surface area contributed by atoms with E-state index < -0.39 is 0 Å². The molecule has 0 amide bonds. The van der Waals surface area contributed by atoms with Gasteiger partial charge in [-0.15, -0.1) is 11.8 Å². The maximum Gasteiger partial charge on any atom is 0.0682 e. The largest absolute Gasteiger partial charge is 0.392 e. The standard InChI is InChI=1S/C16H16OS/c17-13-15-8-4-10-16(12-15)18-11-5-9-14-6-2-1-3-7-14/h1-10,12,17H,11,13H2. The highest BCUT2D eigenvalue weighted by Gasteiger charge is 1.94. The van der Waals surface area contributed by atoms with Gasteiger partial charge in [-0.3, -0.25) is 0 Å². The molecule has 1 nitrogen and oxygen atoms in total. The first-order chi connectivity index (χ1) is 8.88. The van der Waals surface area contributed by atoms with E-state index in [0.717, 1.165) is 11.3 Å².